The van der Waals surface area contributed by atoms with Crippen LogP contribution in [0.25, 0.3) is 0 Å². The van der Waals surface area contributed by atoms with Crippen molar-refractivity contribution in [1.82, 2.24) is 10.2 Å². The summed E-state index contributed by atoms with van der Waals surface area (Å²) in [6, 6.07) is 6.72. The molecule has 7 heteroatoms. The molecule has 0 radical (unpaired) electrons. The number of benzene rings is 1. The number of methoxy groups -OCH3 is 1. The number of piperazine rings is 1. The molecule has 1 heterocycles. The highest BCUT2D eigenvalue weighted by molar-refractivity contribution is 5.91. The lowest BCUT2D eigenvalue weighted by molar-refractivity contribution is -0.150. The van der Waals surface area contributed by atoms with E-state index in [0.717, 1.165) is 5.56 Å². The zero-order chi connectivity index (χ0) is 17.5. The van der Waals surface area contributed by atoms with E-state index < -0.39 is 12.0 Å². The molecule has 7 nitrogen and oxygen atoms in total. The van der Waals surface area contributed by atoms with Gasteiger partial charge in [0.15, 0.2) is 0 Å². The van der Waals surface area contributed by atoms with Gasteiger partial charge in [-0.25, -0.2) is 0 Å². The van der Waals surface area contributed by atoms with E-state index in [4.69, 9.17) is 4.74 Å². The van der Waals surface area contributed by atoms with Gasteiger partial charge in [-0.2, -0.15) is 0 Å². The molecule has 2 amide bonds. The Bertz CT molecular complexity index is 600. The van der Waals surface area contributed by atoms with E-state index in [9.17, 15) is 14.4 Å². The lowest BCUT2D eigenvalue weighted by Gasteiger charge is -2.34. The highest BCUT2D eigenvalue weighted by atomic mass is 16.5. The number of carbonyl (C=O) groups excluding carboxylic acids is 3. The third-order valence-corrected chi connectivity index (χ3v) is 3.84. The maximum atomic E-state index is 12.4. The molecule has 0 saturated carbocycles. The molecule has 24 heavy (non-hydrogen) atoms. The van der Waals surface area contributed by atoms with Gasteiger partial charge in [0.25, 0.3) is 0 Å². The molecule has 1 aromatic carbocycles. The minimum absolute atomic E-state index is 0.138. The SMILES string of the molecule is COC(=O)C[C@H]1C(=O)NCCN1C(=O)CCOc1ccc(C)cc1. The first kappa shape index (κ1) is 17.8. The minimum Gasteiger partial charge on any atom is -0.493 e. The molecule has 1 atom stereocenters. The number of esters is 1. The molecule has 0 bridgehead atoms. The normalized spacial score (nSPS) is 17.2. The average molecular weight is 334 g/mol. The van der Waals surface area contributed by atoms with E-state index in [1.807, 2.05) is 31.2 Å². The van der Waals surface area contributed by atoms with Gasteiger partial charge in [0.05, 0.1) is 26.6 Å². The molecule has 1 aliphatic heterocycles. The number of ether oxygens (including phenoxy) is 2. The lowest BCUT2D eigenvalue weighted by atomic mass is 10.1. The summed E-state index contributed by atoms with van der Waals surface area (Å²) in [5.41, 5.74) is 1.13. The lowest BCUT2D eigenvalue weighted by Crippen LogP contribution is -2.58. The van der Waals surface area contributed by atoms with Crippen molar-refractivity contribution in [2.45, 2.75) is 25.8 Å². The molecule has 0 aliphatic carbocycles. The summed E-state index contributed by atoms with van der Waals surface area (Å²) in [7, 11) is 1.25. The third-order valence-electron chi connectivity index (χ3n) is 3.84. The molecule has 1 aliphatic rings. The first-order valence-corrected chi connectivity index (χ1v) is 7.84. The van der Waals surface area contributed by atoms with Gasteiger partial charge in [0.1, 0.15) is 11.8 Å². The molecule has 0 aromatic heterocycles. The topological polar surface area (TPSA) is 84.9 Å². The zero-order valence-corrected chi connectivity index (χ0v) is 13.9. The van der Waals surface area contributed by atoms with Gasteiger partial charge in [-0.1, -0.05) is 17.7 Å². The molecule has 0 unspecified atom stereocenters. The van der Waals surface area contributed by atoms with Crippen molar-refractivity contribution in [2.75, 3.05) is 26.8 Å². The monoisotopic (exact) mass is 334 g/mol. The summed E-state index contributed by atoms with van der Waals surface area (Å²) >= 11 is 0. The standard InChI is InChI=1S/C17H22N2O5/c1-12-3-5-13(6-4-12)24-10-7-15(20)19-9-8-18-17(22)14(19)11-16(21)23-2/h3-6,14H,7-11H2,1-2H3,(H,18,22)/t14-/m0/s1. The molecule has 1 fully saturated rings. The summed E-state index contributed by atoms with van der Waals surface area (Å²) in [5, 5.41) is 2.66. The Hall–Kier alpha value is -2.57. The number of nitrogens with zero attached hydrogens (tertiary/aromatic N) is 1. The average Bonchev–Trinajstić information content (AvgIpc) is 2.58. The van der Waals surface area contributed by atoms with Crippen LogP contribution >= 0.6 is 0 Å². The first-order valence-electron chi connectivity index (χ1n) is 7.84. The highest BCUT2D eigenvalue weighted by Gasteiger charge is 2.34. The fraction of sp³-hybridized carbons (Fsp3) is 0.471. The molecule has 0 spiro atoms. The van der Waals surface area contributed by atoms with Crippen LogP contribution in [0.2, 0.25) is 0 Å². The van der Waals surface area contributed by atoms with Crippen molar-refractivity contribution in [1.29, 1.82) is 0 Å². The fourth-order valence-electron chi connectivity index (χ4n) is 2.49. The quantitative estimate of drug-likeness (QED) is 0.772. The van der Waals surface area contributed by atoms with Crippen molar-refractivity contribution in [3.8, 4) is 5.75 Å². The predicted octanol–water partition coefficient (Wildman–Crippen LogP) is 0.654. The van der Waals surface area contributed by atoms with E-state index in [1.165, 1.54) is 12.0 Å². The molecular formula is C17H22N2O5. The number of hydrogen-bond acceptors (Lipinski definition) is 5. The Morgan fingerprint density at radius 1 is 1.29 bits per heavy atom. The zero-order valence-electron chi connectivity index (χ0n) is 13.9. The van der Waals surface area contributed by atoms with Crippen LogP contribution in [0.3, 0.4) is 0 Å². The van der Waals surface area contributed by atoms with Gasteiger partial charge in [0.2, 0.25) is 11.8 Å². The first-order chi connectivity index (χ1) is 11.5. The number of amides is 2. The number of nitrogens with one attached hydrogen (secondary N) is 1. The molecule has 130 valence electrons. The molecule has 1 N–H and O–H groups in total. The second-order valence-corrected chi connectivity index (χ2v) is 5.59. The van der Waals surface area contributed by atoms with Crippen LogP contribution in [0.15, 0.2) is 24.3 Å². The van der Waals surface area contributed by atoms with E-state index >= 15 is 0 Å². The summed E-state index contributed by atoms with van der Waals surface area (Å²) in [6.45, 7) is 2.94. The van der Waals surface area contributed by atoms with Crippen molar-refractivity contribution in [2.24, 2.45) is 0 Å². The van der Waals surface area contributed by atoms with Crippen molar-refractivity contribution in [3.63, 3.8) is 0 Å². The van der Waals surface area contributed by atoms with Crippen LogP contribution in [-0.2, 0) is 19.1 Å². The van der Waals surface area contributed by atoms with Crippen LogP contribution in [0.4, 0.5) is 0 Å². The van der Waals surface area contributed by atoms with Crippen molar-refractivity contribution < 1.29 is 23.9 Å². The Kier molecular flexibility index (Phi) is 6.17. The maximum absolute atomic E-state index is 12.4. The number of carbonyl (C=O) groups is 3. The van der Waals surface area contributed by atoms with Crippen molar-refractivity contribution in [3.05, 3.63) is 29.8 Å². The number of aryl methyl sites for hydroxylation is 1. The fourth-order valence-corrected chi connectivity index (χ4v) is 2.49. The van der Waals surface area contributed by atoms with E-state index in [2.05, 4.69) is 10.1 Å². The Morgan fingerprint density at radius 3 is 2.67 bits per heavy atom. The summed E-state index contributed by atoms with van der Waals surface area (Å²) in [5.74, 6) is -0.382. The second-order valence-electron chi connectivity index (χ2n) is 5.59. The molecule has 1 aromatic rings. The van der Waals surface area contributed by atoms with Crippen LogP contribution in [0.5, 0.6) is 5.75 Å². The highest BCUT2D eigenvalue weighted by Crippen LogP contribution is 2.14. The Labute approximate surface area is 140 Å². The van der Waals surface area contributed by atoms with Gasteiger partial charge in [0, 0.05) is 13.1 Å². The number of rotatable bonds is 6. The van der Waals surface area contributed by atoms with Crippen LogP contribution in [0, 0.1) is 6.92 Å². The van der Waals surface area contributed by atoms with Crippen LogP contribution in [-0.4, -0.2) is 55.5 Å². The van der Waals surface area contributed by atoms with Gasteiger partial charge in [-0.3, -0.25) is 14.4 Å². The summed E-state index contributed by atoms with van der Waals surface area (Å²) in [4.78, 5) is 37.2. The van der Waals surface area contributed by atoms with Crippen molar-refractivity contribution >= 4 is 17.8 Å². The van der Waals surface area contributed by atoms with Gasteiger partial charge in [-0.15, -0.1) is 0 Å². The van der Waals surface area contributed by atoms with E-state index in [0.29, 0.717) is 18.8 Å². The van der Waals surface area contributed by atoms with Gasteiger partial charge in [-0.05, 0) is 19.1 Å². The minimum atomic E-state index is -0.821. The van der Waals surface area contributed by atoms with Gasteiger partial charge >= 0.3 is 5.97 Å². The van der Waals surface area contributed by atoms with E-state index in [1.54, 1.807) is 0 Å². The summed E-state index contributed by atoms with van der Waals surface area (Å²) in [6.07, 6.45) is -0.00821. The summed E-state index contributed by atoms with van der Waals surface area (Å²) < 4.78 is 10.1. The molecular weight excluding hydrogens is 312 g/mol. The largest absolute Gasteiger partial charge is 0.493 e. The Balaban J connectivity index is 1.89. The smallest absolute Gasteiger partial charge is 0.308 e. The Morgan fingerprint density at radius 2 is 2.00 bits per heavy atom. The van der Waals surface area contributed by atoms with Gasteiger partial charge < -0.3 is 19.7 Å². The van der Waals surface area contributed by atoms with Crippen LogP contribution in [0.1, 0.15) is 18.4 Å². The number of hydrogen-bond donors (Lipinski definition) is 1. The van der Waals surface area contributed by atoms with E-state index in [-0.39, 0.29) is 31.3 Å². The third kappa shape index (κ3) is 4.71. The predicted molar refractivity (Wildman–Crippen MR) is 86.4 cm³/mol. The molecule has 1 saturated heterocycles. The van der Waals surface area contributed by atoms with Crippen LogP contribution < -0.4 is 10.1 Å². The maximum Gasteiger partial charge on any atom is 0.308 e. The molecule has 2 rings (SSSR count). The second kappa shape index (κ2) is 8.33.